The number of nitrogens with zero attached hydrogens (tertiary/aromatic N) is 2. The Labute approximate surface area is 164 Å². The van der Waals surface area contributed by atoms with Crippen molar-refractivity contribution in [3.8, 4) is 11.4 Å². The Kier molecular flexibility index (Phi) is 5.52. The molecule has 146 valence electrons. The molecular weight excluding hydrogens is 408 g/mol. The van der Waals surface area contributed by atoms with Gasteiger partial charge in [0.05, 0.1) is 5.56 Å². The molecular formula is C18H15F2N3O3S2. The summed E-state index contributed by atoms with van der Waals surface area (Å²) in [6.45, 7) is 0. The lowest BCUT2D eigenvalue weighted by atomic mass is 10.2. The molecule has 0 bridgehead atoms. The van der Waals surface area contributed by atoms with Gasteiger partial charge in [0, 0.05) is 18.1 Å². The molecule has 0 aliphatic heterocycles. The lowest BCUT2D eigenvalue weighted by Crippen LogP contribution is -2.31. The molecule has 0 saturated carbocycles. The summed E-state index contributed by atoms with van der Waals surface area (Å²) in [6.07, 6.45) is 2.91. The molecule has 0 fully saturated rings. The molecule has 0 aliphatic carbocycles. The number of aromatic nitrogens is 2. The average molecular weight is 423 g/mol. The minimum atomic E-state index is -4.15. The van der Waals surface area contributed by atoms with Crippen molar-refractivity contribution in [2.45, 2.75) is 9.79 Å². The lowest BCUT2D eigenvalue weighted by Gasteiger charge is -2.09. The van der Waals surface area contributed by atoms with Crippen LogP contribution in [0.1, 0.15) is 10.5 Å². The van der Waals surface area contributed by atoms with E-state index in [-0.39, 0.29) is 16.4 Å². The van der Waals surface area contributed by atoms with E-state index in [1.54, 1.807) is 24.5 Å². The van der Waals surface area contributed by atoms with Gasteiger partial charge < -0.3 is 4.57 Å². The van der Waals surface area contributed by atoms with Gasteiger partial charge in [-0.15, -0.1) is 11.8 Å². The number of carbonyl (C=O) groups excluding carboxylic acids is 1. The van der Waals surface area contributed by atoms with Crippen LogP contribution in [0.3, 0.4) is 0 Å². The Morgan fingerprint density at radius 3 is 2.39 bits per heavy atom. The maximum absolute atomic E-state index is 14.0. The molecule has 1 heterocycles. The zero-order valence-electron chi connectivity index (χ0n) is 14.8. The van der Waals surface area contributed by atoms with Gasteiger partial charge in [-0.05, 0) is 30.5 Å². The van der Waals surface area contributed by atoms with E-state index in [0.29, 0.717) is 4.90 Å². The van der Waals surface area contributed by atoms with Crippen molar-refractivity contribution in [1.82, 2.24) is 14.3 Å². The molecule has 0 aliphatic rings. The molecule has 28 heavy (non-hydrogen) atoms. The van der Waals surface area contributed by atoms with Crippen LogP contribution in [-0.4, -0.2) is 30.1 Å². The number of rotatable bonds is 5. The van der Waals surface area contributed by atoms with E-state index in [2.05, 4.69) is 4.98 Å². The molecule has 6 nitrogen and oxygen atoms in total. The van der Waals surface area contributed by atoms with E-state index in [1.165, 1.54) is 41.7 Å². The summed E-state index contributed by atoms with van der Waals surface area (Å²) in [5.41, 5.74) is -0.690. The zero-order chi connectivity index (χ0) is 20.5. The third kappa shape index (κ3) is 3.78. The molecule has 0 saturated heterocycles. The largest absolute Gasteiger partial charge is 0.333 e. The molecule has 0 atom stereocenters. The van der Waals surface area contributed by atoms with E-state index in [9.17, 15) is 22.0 Å². The fourth-order valence-corrected chi connectivity index (χ4v) is 4.70. The van der Waals surface area contributed by atoms with Crippen LogP contribution in [0, 0.1) is 11.6 Å². The first-order chi connectivity index (χ1) is 13.2. The average Bonchev–Trinajstić information content (AvgIpc) is 3.03. The number of carbonyl (C=O) groups is 1. The second-order valence-corrected chi connectivity index (χ2v) is 8.24. The molecule has 3 rings (SSSR count). The molecule has 1 N–H and O–H groups in total. The zero-order valence-corrected chi connectivity index (χ0v) is 16.4. The predicted octanol–water partition coefficient (Wildman–Crippen LogP) is 3.21. The van der Waals surface area contributed by atoms with Crippen molar-refractivity contribution in [3.63, 3.8) is 0 Å². The van der Waals surface area contributed by atoms with Gasteiger partial charge in [-0.3, -0.25) is 4.79 Å². The van der Waals surface area contributed by atoms with Crippen LogP contribution >= 0.6 is 11.8 Å². The number of hydrogen-bond donors (Lipinski definition) is 1. The number of amides is 1. The predicted molar refractivity (Wildman–Crippen MR) is 101 cm³/mol. The van der Waals surface area contributed by atoms with Gasteiger partial charge in [0.15, 0.2) is 0 Å². The highest BCUT2D eigenvalue weighted by Crippen LogP contribution is 2.26. The summed E-state index contributed by atoms with van der Waals surface area (Å²) >= 11 is 1.22. The fraction of sp³-hybridized carbons (Fsp3) is 0.111. The summed E-state index contributed by atoms with van der Waals surface area (Å²) in [5, 5.41) is 0. The van der Waals surface area contributed by atoms with Crippen LogP contribution < -0.4 is 4.72 Å². The molecule has 0 radical (unpaired) electrons. The second kappa shape index (κ2) is 7.72. The number of imidazole rings is 1. The SMILES string of the molecule is CSc1ccccc1S(=O)(=O)NC(=O)c1cn(C)c(-c2c(F)cccc2F)n1. The Bertz CT molecular complexity index is 1140. The Morgan fingerprint density at radius 2 is 1.75 bits per heavy atom. The summed E-state index contributed by atoms with van der Waals surface area (Å²) in [7, 11) is -2.71. The Hall–Kier alpha value is -2.72. The number of benzene rings is 2. The van der Waals surface area contributed by atoms with Crippen molar-refractivity contribution in [3.05, 3.63) is 66.0 Å². The van der Waals surface area contributed by atoms with Crippen LogP contribution in [-0.2, 0) is 17.1 Å². The third-order valence-corrected chi connectivity index (χ3v) is 6.20. The number of nitrogens with one attached hydrogen (secondary N) is 1. The lowest BCUT2D eigenvalue weighted by molar-refractivity contribution is 0.0977. The van der Waals surface area contributed by atoms with E-state index in [4.69, 9.17) is 0 Å². The van der Waals surface area contributed by atoms with Gasteiger partial charge in [-0.25, -0.2) is 26.9 Å². The number of aryl methyl sites for hydroxylation is 1. The van der Waals surface area contributed by atoms with Crippen molar-refractivity contribution in [2.24, 2.45) is 7.05 Å². The first kappa shape index (κ1) is 20.0. The quantitative estimate of drug-likeness (QED) is 0.638. The standard InChI is InChI=1S/C18H15F2N3O3S2/c1-23-10-13(21-17(23)16-11(19)6-5-7-12(16)20)18(24)22-28(25,26)15-9-4-3-8-14(15)27-2/h3-10H,1-2H3,(H,22,24). The topological polar surface area (TPSA) is 81.1 Å². The first-order valence-electron chi connectivity index (χ1n) is 7.92. The van der Waals surface area contributed by atoms with Crippen LogP contribution in [0.25, 0.3) is 11.4 Å². The highest BCUT2D eigenvalue weighted by molar-refractivity contribution is 7.99. The third-order valence-electron chi connectivity index (χ3n) is 3.88. The number of halogens is 2. The van der Waals surface area contributed by atoms with Crippen molar-refractivity contribution < 1.29 is 22.0 Å². The summed E-state index contributed by atoms with van der Waals surface area (Å²) in [4.78, 5) is 16.8. The van der Waals surface area contributed by atoms with Crippen molar-refractivity contribution in [2.75, 3.05) is 6.26 Å². The van der Waals surface area contributed by atoms with Crippen LogP contribution in [0.2, 0.25) is 0 Å². The van der Waals surface area contributed by atoms with Crippen LogP contribution in [0.15, 0.2) is 58.5 Å². The fourth-order valence-electron chi connectivity index (χ4n) is 2.59. The second-order valence-electron chi connectivity index (χ2n) is 5.74. The van der Waals surface area contributed by atoms with Crippen molar-refractivity contribution in [1.29, 1.82) is 0 Å². The Morgan fingerprint density at radius 1 is 1.11 bits per heavy atom. The highest BCUT2D eigenvalue weighted by Gasteiger charge is 2.25. The summed E-state index contributed by atoms with van der Waals surface area (Å²) in [5.74, 6) is -2.83. The van der Waals surface area contributed by atoms with Crippen LogP contribution in [0.4, 0.5) is 8.78 Å². The maximum Gasteiger partial charge on any atom is 0.285 e. The van der Waals surface area contributed by atoms with Gasteiger partial charge in [0.25, 0.3) is 15.9 Å². The minimum absolute atomic E-state index is 0.0489. The molecule has 1 amide bonds. The Balaban J connectivity index is 1.94. The van der Waals surface area contributed by atoms with Gasteiger partial charge in [0.2, 0.25) is 0 Å². The minimum Gasteiger partial charge on any atom is -0.333 e. The molecule has 3 aromatic rings. The monoisotopic (exact) mass is 423 g/mol. The summed E-state index contributed by atoms with van der Waals surface area (Å²) in [6, 6.07) is 9.55. The normalized spacial score (nSPS) is 11.4. The highest BCUT2D eigenvalue weighted by atomic mass is 32.2. The smallest absolute Gasteiger partial charge is 0.285 e. The van der Waals surface area contributed by atoms with Gasteiger partial charge >= 0.3 is 0 Å². The molecule has 10 heteroatoms. The molecule has 0 unspecified atom stereocenters. The molecule has 0 spiro atoms. The first-order valence-corrected chi connectivity index (χ1v) is 10.6. The maximum atomic E-state index is 14.0. The van der Waals surface area contributed by atoms with Gasteiger partial charge in [0.1, 0.15) is 28.0 Å². The van der Waals surface area contributed by atoms with Crippen LogP contribution in [0.5, 0.6) is 0 Å². The number of hydrogen-bond acceptors (Lipinski definition) is 5. The van der Waals surface area contributed by atoms with Gasteiger partial charge in [-0.2, -0.15) is 0 Å². The van der Waals surface area contributed by atoms with E-state index in [0.717, 1.165) is 12.1 Å². The molecule has 2 aromatic carbocycles. The van der Waals surface area contributed by atoms with E-state index >= 15 is 0 Å². The van der Waals surface area contributed by atoms with Gasteiger partial charge in [-0.1, -0.05) is 18.2 Å². The molecule has 1 aromatic heterocycles. The van der Waals surface area contributed by atoms with Crippen molar-refractivity contribution >= 4 is 27.7 Å². The summed E-state index contributed by atoms with van der Waals surface area (Å²) < 4.78 is 56.3. The van der Waals surface area contributed by atoms with E-state index in [1.807, 2.05) is 4.72 Å². The number of sulfonamides is 1. The van der Waals surface area contributed by atoms with E-state index < -0.39 is 33.1 Å². The number of thioether (sulfide) groups is 1.